The lowest BCUT2D eigenvalue weighted by molar-refractivity contribution is 0.601. The third-order valence-corrected chi connectivity index (χ3v) is 6.65. The smallest absolute Gasteiger partial charge is 0.261 e. The molecular formula is C23H23NO2S. The first-order valence-electron chi connectivity index (χ1n) is 9.41. The van der Waals surface area contributed by atoms with E-state index < -0.39 is 10.0 Å². The number of benzene rings is 3. The Bertz CT molecular complexity index is 1010. The van der Waals surface area contributed by atoms with Gasteiger partial charge < -0.3 is 0 Å². The van der Waals surface area contributed by atoms with Crippen molar-refractivity contribution in [2.75, 3.05) is 4.72 Å². The summed E-state index contributed by atoms with van der Waals surface area (Å²) < 4.78 is 27.6. The van der Waals surface area contributed by atoms with E-state index in [-0.39, 0.29) is 4.90 Å². The van der Waals surface area contributed by atoms with E-state index in [4.69, 9.17) is 0 Å². The second kappa shape index (κ2) is 7.57. The Morgan fingerprint density at radius 1 is 0.741 bits per heavy atom. The Balaban J connectivity index is 1.59. The summed E-state index contributed by atoms with van der Waals surface area (Å²) in [5.74, 6) is 0.637. The second-order valence-electron chi connectivity index (χ2n) is 7.06. The molecule has 0 aromatic heterocycles. The van der Waals surface area contributed by atoms with Crippen LogP contribution in [0.15, 0.2) is 83.8 Å². The van der Waals surface area contributed by atoms with Crippen molar-refractivity contribution in [3.8, 4) is 11.1 Å². The van der Waals surface area contributed by atoms with Gasteiger partial charge in [0.1, 0.15) is 0 Å². The van der Waals surface area contributed by atoms with Gasteiger partial charge in [-0.05, 0) is 59.7 Å². The minimum absolute atomic E-state index is 0.264. The SMILES string of the molecule is O=S(=O)(Nc1ccc(-c2ccccc2C2CCCC2)cc1)c1ccccc1. The van der Waals surface area contributed by atoms with Gasteiger partial charge in [-0.2, -0.15) is 0 Å². The summed E-state index contributed by atoms with van der Waals surface area (Å²) in [4.78, 5) is 0.264. The van der Waals surface area contributed by atoms with Gasteiger partial charge in [-0.15, -0.1) is 0 Å². The van der Waals surface area contributed by atoms with Crippen LogP contribution in [0.5, 0.6) is 0 Å². The van der Waals surface area contributed by atoms with Crippen molar-refractivity contribution in [3.63, 3.8) is 0 Å². The quantitative estimate of drug-likeness (QED) is 0.610. The van der Waals surface area contributed by atoms with E-state index in [1.807, 2.05) is 24.3 Å². The molecule has 0 bridgehead atoms. The molecule has 0 radical (unpaired) electrons. The highest BCUT2D eigenvalue weighted by molar-refractivity contribution is 7.92. The third-order valence-electron chi connectivity index (χ3n) is 5.26. The van der Waals surface area contributed by atoms with Crippen LogP contribution in [0.25, 0.3) is 11.1 Å². The lowest BCUT2D eigenvalue weighted by Gasteiger charge is -2.16. The van der Waals surface area contributed by atoms with Gasteiger partial charge in [-0.1, -0.05) is 67.4 Å². The van der Waals surface area contributed by atoms with Crippen LogP contribution in [-0.4, -0.2) is 8.42 Å². The minimum atomic E-state index is -3.56. The normalized spacial score (nSPS) is 15.0. The maximum atomic E-state index is 12.5. The summed E-state index contributed by atoms with van der Waals surface area (Å²) >= 11 is 0. The first-order chi connectivity index (χ1) is 13.1. The molecule has 3 aromatic carbocycles. The predicted molar refractivity (Wildman–Crippen MR) is 110 cm³/mol. The molecule has 1 N–H and O–H groups in total. The Morgan fingerprint density at radius 3 is 2.07 bits per heavy atom. The molecule has 0 saturated heterocycles. The van der Waals surface area contributed by atoms with Crippen LogP contribution < -0.4 is 4.72 Å². The largest absolute Gasteiger partial charge is 0.280 e. The van der Waals surface area contributed by atoms with Crippen molar-refractivity contribution in [2.45, 2.75) is 36.5 Å². The summed E-state index contributed by atoms with van der Waals surface area (Å²) in [6, 6.07) is 24.7. The molecule has 4 heteroatoms. The Morgan fingerprint density at radius 2 is 1.37 bits per heavy atom. The molecule has 4 rings (SSSR count). The van der Waals surface area contributed by atoms with Crippen LogP contribution in [-0.2, 0) is 10.0 Å². The number of sulfonamides is 1. The topological polar surface area (TPSA) is 46.2 Å². The molecule has 0 spiro atoms. The molecule has 3 aromatic rings. The predicted octanol–water partition coefficient (Wildman–Crippen LogP) is 5.81. The van der Waals surface area contributed by atoms with E-state index in [1.165, 1.54) is 36.8 Å². The van der Waals surface area contributed by atoms with Crippen LogP contribution in [0.3, 0.4) is 0 Å². The van der Waals surface area contributed by atoms with E-state index in [1.54, 1.807) is 30.3 Å². The summed E-state index contributed by atoms with van der Waals surface area (Å²) in [5.41, 5.74) is 4.36. The van der Waals surface area contributed by atoms with E-state index in [0.717, 1.165) is 5.56 Å². The van der Waals surface area contributed by atoms with Crippen LogP contribution in [0.1, 0.15) is 37.2 Å². The average molecular weight is 378 g/mol. The molecule has 0 unspecified atom stereocenters. The molecule has 1 fully saturated rings. The molecule has 0 heterocycles. The third kappa shape index (κ3) is 3.91. The fourth-order valence-electron chi connectivity index (χ4n) is 3.88. The summed E-state index contributed by atoms with van der Waals surface area (Å²) in [7, 11) is -3.56. The zero-order valence-electron chi connectivity index (χ0n) is 15.1. The Hall–Kier alpha value is -2.59. The Labute approximate surface area is 161 Å². The summed E-state index contributed by atoms with van der Waals surface area (Å²) in [5, 5.41) is 0. The number of hydrogen-bond acceptors (Lipinski definition) is 2. The average Bonchev–Trinajstić information content (AvgIpc) is 3.24. The molecule has 1 aliphatic rings. The lowest BCUT2D eigenvalue weighted by Crippen LogP contribution is -2.12. The number of hydrogen-bond donors (Lipinski definition) is 1. The van der Waals surface area contributed by atoms with Crippen molar-refractivity contribution in [2.24, 2.45) is 0 Å². The van der Waals surface area contributed by atoms with Gasteiger partial charge in [-0.3, -0.25) is 4.72 Å². The van der Waals surface area contributed by atoms with Crippen LogP contribution >= 0.6 is 0 Å². The van der Waals surface area contributed by atoms with Crippen molar-refractivity contribution in [1.29, 1.82) is 0 Å². The van der Waals surface area contributed by atoms with Crippen molar-refractivity contribution >= 4 is 15.7 Å². The monoisotopic (exact) mass is 377 g/mol. The zero-order valence-corrected chi connectivity index (χ0v) is 16.0. The summed E-state index contributed by atoms with van der Waals surface area (Å²) in [6.07, 6.45) is 5.12. The minimum Gasteiger partial charge on any atom is -0.280 e. The van der Waals surface area contributed by atoms with Gasteiger partial charge in [0, 0.05) is 5.69 Å². The molecule has 0 aliphatic heterocycles. The highest BCUT2D eigenvalue weighted by atomic mass is 32.2. The van der Waals surface area contributed by atoms with E-state index in [0.29, 0.717) is 11.6 Å². The van der Waals surface area contributed by atoms with Gasteiger partial charge in [-0.25, -0.2) is 8.42 Å². The summed E-state index contributed by atoms with van der Waals surface area (Å²) in [6.45, 7) is 0. The van der Waals surface area contributed by atoms with Crippen LogP contribution in [0.2, 0.25) is 0 Å². The maximum absolute atomic E-state index is 12.5. The number of nitrogens with one attached hydrogen (secondary N) is 1. The van der Waals surface area contributed by atoms with E-state index in [9.17, 15) is 8.42 Å². The van der Waals surface area contributed by atoms with Gasteiger partial charge in [0.05, 0.1) is 4.90 Å². The Kier molecular flexibility index (Phi) is 4.99. The van der Waals surface area contributed by atoms with E-state index >= 15 is 0 Å². The molecular weight excluding hydrogens is 354 g/mol. The molecule has 0 amide bonds. The fourth-order valence-corrected chi connectivity index (χ4v) is 4.96. The van der Waals surface area contributed by atoms with Gasteiger partial charge >= 0.3 is 0 Å². The maximum Gasteiger partial charge on any atom is 0.261 e. The van der Waals surface area contributed by atoms with Crippen LogP contribution in [0.4, 0.5) is 5.69 Å². The molecule has 138 valence electrons. The van der Waals surface area contributed by atoms with Gasteiger partial charge in [0.25, 0.3) is 10.0 Å². The molecule has 1 aliphatic carbocycles. The first-order valence-corrected chi connectivity index (χ1v) is 10.9. The molecule has 3 nitrogen and oxygen atoms in total. The molecule has 1 saturated carbocycles. The van der Waals surface area contributed by atoms with Gasteiger partial charge in [0.2, 0.25) is 0 Å². The molecule has 27 heavy (non-hydrogen) atoms. The van der Waals surface area contributed by atoms with Crippen LogP contribution in [0, 0.1) is 0 Å². The zero-order chi connectivity index (χ0) is 18.7. The van der Waals surface area contributed by atoms with Gasteiger partial charge in [0.15, 0.2) is 0 Å². The van der Waals surface area contributed by atoms with E-state index in [2.05, 4.69) is 29.0 Å². The van der Waals surface area contributed by atoms with Crippen molar-refractivity contribution in [3.05, 3.63) is 84.4 Å². The van der Waals surface area contributed by atoms with Crippen molar-refractivity contribution < 1.29 is 8.42 Å². The number of anilines is 1. The standard InChI is InChI=1S/C23H23NO2S/c25-27(26,21-10-2-1-3-11-21)24-20-16-14-19(15-17-20)23-13-7-6-12-22(23)18-8-4-5-9-18/h1-3,6-7,10-18,24H,4-5,8-9H2. The first kappa shape index (κ1) is 17.8. The molecule has 0 atom stereocenters. The number of rotatable bonds is 5. The second-order valence-corrected chi connectivity index (χ2v) is 8.75. The highest BCUT2D eigenvalue weighted by Crippen LogP contribution is 2.39. The fraction of sp³-hybridized carbons (Fsp3) is 0.217. The van der Waals surface area contributed by atoms with Crippen molar-refractivity contribution in [1.82, 2.24) is 0 Å². The lowest BCUT2D eigenvalue weighted by atomic mass is 9.89. The highest BCUT2D eigenvalue weighted by Gasteiger charge is 2.20.